The highest BCUT2D eigenvalue weighted by Gasteiger charge is 2.07. The lowest BCUT2D eigenvalue weighted by Crippen LogP contribution is -2.25. The molecular weight excluding hydrogens is 278 g/mol. The second kappa shape index (κ2) is 7.72. The minimum atomic E-state index is 0.609. The monoisotopic (exact) mass is 299 g/mol. The molecule has 0 bridgehead atoms. The fourth-order valence-electron chi connectivity index (χ4n) is 1.98. The van der Waals surface area contributed by atoms with Gasteiger partial charge in [0, 0.05) is 10.5 Å². The highest BCUT2D eigenvalue weighted by atomic mass is 79.9. The first-order valence-corrected chi connectivity index (χ1v) is 7.00. The topological polar surface area (TPSA) is 21.3 Å². The largest absolute Gasteiger partial charge is 0.497 e. The maximum atomic E-state index is 5.25. The molecule has 2 nitrogen and oxygen atoms in total. The van der Waals surface area contributed by atoms with Gasteiger partial charge in [-0.2, -0.15) is 0 Å². The molecule has 1 aromatic rings. The van der Waals surface area contributed by atoms with E-state index in [0.29, 0.717) is 6.04 Å². The van der Waals surface area contributed by atoms with Gasteiger partial charge in [-0.1, -0.05) is 29.3 Å². The van der Waals surface area contributed by atoms with Gasteiger partial charge in [0.15, 0.2) is 0 Å². The Labute approximate surface area is 113 Å². The molecule has 1 N–H and O–H groups in total. The van der Waals surface area contributed by atoms with Crippen LogP contribution in [0.3, 0.4) is 0 Å². The molecule has 0 heterocycles. The van der Waals surface area contributed by atoms with Gasteiger partial charge in [-0.15, -0.1) is 0 Å². The number of hydrogen-bond donors (Lipinski definition) is 1. The summed E-state index contributed by atoms with van der Waals surface area (Å²) in [7, 11) is 3.75. The van der Waals surface area contributed by atoms with E-state index in [1.165, 1.54) is 22.9 Å². The Morgan fingerprint density at radius 3 is 2.71 bits per heavy atom. The van der Waals surface area contributed by atoms with E-state index in [-0.39, 0.29) is 0 Å². The van der Waals surface area contributed by atoms with Crippen molar-refractivity contribution in [3.8, 4) is 5.75 Å². The third-order valence-corrected chi connectivity index (χ3v) is 3.83. The van der Waals surface area contributed by atoms with E-state index in [2.05, 4.69) is 40.3 Å². The van der Waals surface area contributed by atoms with Crippen molar-refractivity contribution in [3.63, 3.8) is 0 Å². The Kier molecular flexibility index (Phi) is 6.60. The predicted molar refractivity (Wildman–Crippen MR) is 76.8 cm³/mol. The van der Waals surface area contributed by atoms with E-state index < -0.39 is 0 Å². The van der Waals surface area contributed by atoms with Crippen LogP contribution in [0.15, 0.2) is 22.7 Å². The van der Waals surface area contributed by atoms with Crippen molar-refractivity contribution >= 4 is 15.9 Å². The number of benzene rings is 1. The van der Waals surface area contributed by atoms with E-state index in [1.54, 1.807) is 7.11 Å². The SMILES string of the molecule is CCCC(CCc1cc(OC)ccc1Br)NC. The van der Waals surface area contributed by atoms with Crippen LogP contribution >= 0.6 is 15.9 Å². The summed E-state index contributed by atoms with van der Waals surface area (Å²) in [6.45, 7) is 2.23. The number of aryl methyl sites for hydroxylation is 1. The normalized spacial score (nSPS) is 12.5. The van der Waals surface area contributed by atoms with E-state index in [4.69, 9.17) is 4.74 Å². The lowest BCUT2D eigenvalue weighted by Gasteiger charge is -2.15. The molecule has 0 amide bonds. The zero-order valence-corrected chi connectivity index (χ0v) is 12.5. The third-order valence-electron chi connectivity index (χ3n) is 3.06. The summed E-state index contributed by atoms with van der Waals surface area (Å²) in [6, 6.07) is 6.76. The molecule has 1 aromatic carbocycles. The molecule has 1 rings (SSSR count). The van der Waals surface area contributed by atoms with Gasteiger partial charge in [0.2, 0.25) is 0 Å². The van der Waals surface area contributed by atoms with Gasteiger partial charge in [-0.05, 0) is 50.1 Å². The standard InChI is InChI=1S/C14H22BrNO/c1-4-5-12(16-2)7-6-11-10-13(17-3)8-9-14(11)15/h8-10,12,16H,4-7H2,1-3H3. The summed E-state index contributed by atoms with van der Waals surface area (Å²) >= 11 is 3.59. The molecule has 0 saturated heterocycles. The fraction of sp³-hybridized carbons (Fsp3) is 0.571. The Bertz CT molecular complexity index is 341. The average Bonchev–Trinajstić information content (AvgIpc) is 2.36. The quantitative estimate of drug-likeness (QED) is 0.827. The smallest absolute Gasteiger partial charge is 0.119 e. The van der Waals surface area contributed by atoms with Gasteiger partial charge in [0.25, 0.3) is 0 Å². The van der Waals surface area contributed by atoms with Gasteiger partial charge in [0.1, 0.15) is 5.75 Å². The Balaban J connectivity index is 2.60. The first-order valence-electron chi connectivity index (χ1n) is 6.21. The molecule has 0 aromatic heterocycles. The molecule has 0 aliphatic carbocycles. The third kappa shape index (κ3) is 4.68. The van der Waals surface area contributed by atoms with Crippen LogP contribution < -0.4 is 10.1 Å². The van der Waals surface area contributed by atoms with Crippen LogP contribution in [-0.2, 0) is 6.42 Å². The van der Waals surface area contributed by atoms with Crippen molar-refractivity contribution in [2.75, 3.05) is 14.2 Å². The van der Waals surface area contributed by atoms with Gasteiger partial charge in [-0.3, -0.25) is 0 Å². The molecule has 1 atom stereocenters. The van der Waals surface area contributed by atoms with Crippen molar-refractivity contribution in [2.24, 2.45) is 0 Å². The Hall–Kier alpha value is -0.540. The maximum absolute atomic E-state index is 5.25. The molecule has 0 radical (unpaired) electrons. The zero-order chi connectivity index (χ0) is 12.7. The lowest BCUT2D eigenvalue weighted by molar-refractivity contribution is 0.413. The van der Waals surface area contributed by atoms with Crippen LogP contribution in [0.2, 0.25) is 0 Å². The summed E-state index contributed by atoms with van der Waals surface area (Å²) < 4.78 is 6.42. The lowest BCUT2D eigenvalue weighted by atomic mass is 10.0. The van der Waals surface area contributed by atoms with Crippen molar-refractivity contribution in [1.82, 2.24) is 5.32 Å². The van der Waals surface area contributed by atoms with Gasteiger partial charge < -0.3 is 10.1 Å². The fourth-order valence-corrected chi connectivity index (χ4v) is 2.43. The second-order valence-electron chi connectivity index (χ2n) is 4.27. The van der Waals surface area contributed by atoms with Crippen LogP contribution in [0.25, 0.3) is 0 Å². The first kappa shape index (κ1) is 14.5. The van der Waals surface area contributed by atoms with Gasteiger partial charge >= 0.3 is 0 Å². The van der Waals surface area contributed by atoms with Crippen molar-refractivity contribution in [1.29, 1.82) is 0 Å². The maximum Gasteiger partial charge on any atom is 0.119 e. The summed E-state index contributed by atoms with van der Waals surface area (Å²) in [5.41, 5.74) is 1.32. The Morgan fingerprint density at radius 2 is 2.12 bits per heavy atom. The van der Waals surface area contributed by atoms with Crippen molar-refractivity contribution in [3.05, 3.63) is 28.2 Å². The van der Waals surface area contributed by atoms with Crippen LogP contribution in [0.4, 0.5) is 0 Å². The van der Waals surface area contributed by atoms with Crippen LogP contribution in [0, 0.1) is 0 Å². The Morgan fingerprint density at radius 1 is 1.35 bits per heavy atom. The van der Waals surface area contributed by atoms with Crippen LogP contribution in [-0.4, -0.2) is 20.2 Å². The number of ether oxygens (including phenoxy) is 1. The molecule has 0 spiro atoms. The molecule has 0 aliphatic rings. The van der Waals surface area contributed by atoms with E-state index in [0.717, 1.165) is 18.6 Å². The van der Waals surface area contributed by atoms with Crippen molar-refractivity contribution in [2.45, 2.75) is 38.6 Å². The summed E-state index contributed by atoms with van der Waals surface area (Å²) in [6.07, 6.45) is 4.70. The number of nitrogens with one attached hydrogen (secondary N) is 1. The highest BCUT2D eigenvalue weighted by Crippen LogP contribution is 2.24. The van der Waals surface area contributed by atoms with E-state index >= 15 is 0 Å². The van der Waals surface area contributed by atoms with E-state index in [9.17, 15) is 0 Å². The van der Waals surface area contributed by atoms with Gasteiger partial charge in [0.05, 0.1) is 7.11 Å². The number of rotatable bonds is 7. The van der Waals surface area contributed by atoms with Gasteiger partial charge in [-0.25, -0.2) is 0 Å². The average molecular weight is 300 g/mol. The first-order chi connectivity index (χ1) is 8.21. The number of hydrogen-bond acceptors (Lipinski definition) is 2. The molecule has 17 heavy (non-hydrogen) atoms. The minimum Gasteiger partial charge on any atom is -0.497 e. The summed E-state index contributed by atoms with van der Waals surface area (Å²) in [4.78, 5) is 0. The molecule has 0 saturated carbocycles. The highest BCUT2D eigenvalue weighted by molar-refractivity contribution is 9.10. The summed E-state index contributed by atoms with van der Waals surface area (Å²) in [5, 5.41) is 3.37. The van der Waals surface area contributed by atoms with E-state index in [1.807, 2.05) is 13.1 Å². The molecule has 1 unspecified atom stereocenters. The zero-order valence-electron chi connectivity index (χ0n) is 10.9. The van der Waals surface area contributed by atoms with Crippen molar-refractivity contribution < 1.29 is 4.74 Å². The van der Waals surface area contributed by atoms with Crippen LogP contribution in [0.1, 0.15) is 31.7 Å². The van der Waals surface area contributed by atoms with Crippen LogP contribution in [0.5, 0.6) is 5.75 Å². The molecule has 0 fully saturated rings. The molecule has 0 aliphatic heterocycles. The number of methoxy groups -OCH3 is 1. The second-order valence-corrected chi connectivity index (χ2v) is 5.12. The number of halogens is 1. The molecule has 96 valence electrons. The summed E-state index contributed by atoms with van der Waals surface area (Å²) in [5.74, 6) is 0.930. The molecule has 3 heteroatoms. The molecular formula is C14H22BrNO. The minimum absolute atomic E-state index is 0.609. The predicted octanol–water partition coefficient (Wildman–Crippen LogP) is 3.78.